The Balaban J connectivity index is 1.10. The summed E-state index contributed by atoms with van der Waals surface area (Å²) in [5.74, 6) is 1.03. The van der Waals surface area contributed by atoms with E-state index in [2.05, 4.69) is 80.8 Å². The van der Waals surface area contributed by atoms with Crippen LogP contribution in [0, 0.1) is 18.8 Å². The van der Waals surface area contributed by atoms with Gasteiger partial charge >= 0.3 is 6.03 Å². The molecule has 2 aliphatic heterocycles. The number of nitrogens with one attached hydrogen (secondary N) is 4. The molecule has 1 aromatic heterocycles. The smallest absolute Gasteiger partial charge is 0.317 e. The minimum atomic E-state index is 0.144. The number of aryl methyl sites for hydroxylation is 1. The third-order valence-electron chi connectivity index (χ3n) is 8.83. The molecule has 5 unspecified atom stereocenters. The molecule has 2 aromatic rings. The lowest BCUT2D eigenvalue weighted by molar-refractivity contribution is 0.0666. The van der Waals surface area contributed by atoms with Gasteiger partial charge < -0.3 is 15.5 Å². The van der Waals surface area contributed by atoms with Crippen molar-refractivity contribution in [2.24, 2.45) is 11.8 Å². The Morgan fingerprint density at radius 2 is 1.94 bits per heavy atom. The molecule has 7 atom stereocenters. The molecule has 4 N–H and O–H groups in total. The van der Waals surface area contributed by atoms with Gasteiger partial charge in [0.1, 0.15) is 0 Å². The van der Waals surface area contributed by atoms with Gasteiger partial charge in [-0.15, -0.1) is 0 Å². The van der Waals surface area contributed by atoms with Gasteiger partial charge in [0, 0.05) is 49.1 Å². The highest BCUT2D eigenvalue weighted by Gasteiger charge is 2.48. The summed E-state index contributed by atoms with van der Waals surface area (Å²) >= 11 is 0. The van der Waals surface area contributed by atoms with Gasteiger partial charge in [0.15, 0.2) is 0 Å². The molecule has 3 heterocycles. The number of pyridine rings is 1. The molecule has 2 saturated heterocycles. The van der Waals surface area contributed by atoms with Crippen LogP contribution in [0.3, 0.4) is 0 Å². The van der Waals surface area contributed by atoms with Gasteiger partial charge in [-0.2, -0.15) is 0 Å². The second kappa shape index (κ2) is 9.88. The Kier molecular flexibility index (Phi) is 6.48. The summed E-state index contributed by atoms with van der Waals surface area (Å²) in [4.78, 5) is 19.8. The van der Waals surface area contributed by atoms with Gasteiger partial charge in [0.25, 0.3) is 0 Å². The standard InChI is InChI=1S/C28H38N6O/c1-18-12-20(10-11-29-18)27-24-13-21-17-34(28(35)31-25(21)15-26(24)32-33-27)23-9-5-8-22(14-23)30-16-19-6-3-2-4-7-19/h2-4,6-7,10-12,21-27,30,32-33H,5,8-9,13-17H2,1H3,(H,31,35)/t21?,22-,23+,24?,25?,26?,27?/m0/s1. The SMILES string of the molecule is Cc1cc(C2NNC3CC4NC(=O)N([C@@H]5CCC[C@H](NCc6ccccc6)C5)CC4CC32)ccn1. The van der Waals surface area contributed by atoms with Crippen LogP contribution >= 0.6 is 0 Å². The minimum Gasteiger partial charge on any atom is -0.335 e. The van der Waals surface area contributed by atoms with Gasteiger partial charge in [-0.25, -0.2) is 10.2 Å². The molecule has 2 amide bonds. The van der Waals surface area contributed by atoms with Crippen molar-refractivity contribution in [3.63, 3.8) is 0 Å². The Bertz CT molecular complexity index is 1030. The number of hydrogen-bond donors (Lipinski definition) is 4. The number of aromatic nitrogens is 1. The number of amides is 2. The van der Waals surface area contributed by atoms with Crippen LogP contribution in [0.1, 0.15) is 61.4 Å². The van der Waals surface area contributed by atoms with Crippen LogP contribution in [0.4, 0.5) is 4.79 Å². The zero-order chi connectivity index (χ0) is 23.8. The number of nitrogens with zero attached hydrogens (tertiary/aromatic N) is 2. The molecule has 0 radical (unpaired) electrons. The summed E-state index contributed by atoms with van der Waals surface area (Å²) in [7, 11) is 0. The lowest BCUT2D eigenvalue weighted by Crippen LogP contribution is -2.63. The predicted octanol–water partition coefficient (Wildman–Crippen LogP) is 3.43. The molecule has 35 heavy (non-hydrogen) atoms. The van der Waals surface area contributed by atoms with Gasteiger partial charge in [-0.1, -0.05) is 30.3 Å². The van der Waals surface area contributed by atoms with Gasteiger partial charge in [-0.3, -0.25) is 10.4 Å². The molecule has 186 valence electrons. The van der Waals surface area contributed by atoms with Gasteiger partial charge in [-0.05, 0) is 80.5 Å². The summed E-state index contributed by atoms with van der Waals surface area (Å²) in [5, 5.41) is 7.16. The second-order valence-electron chi connectivity index (χ2n) is 11.1. The summed E-state index contributed by atoms with van der Waals surface area (Å²) in [6, 6.07) is 16.9. The van der Waals surface area contributed by atoms with E-state index in [-0.39, 0.29) is 12.1 Å². The van der Waals surface area contributed by atoms with Crippen molar-refractivity contribution in [1.29, 1.82) is 0 Å². The topological polar surface area (TPSA) is 81.3 Å². The van der Waals surface area contributed by atoms with Crippen LogP contribution < -0.4 is 21.5 Å². The van der Waals surface area contributed by atoms with Crippen LogP contribution in [0.5, 0.6) is 0 Å². The molecule has 6 rings (SSSR count). The number of benzene rings is 1. The molecule has 1 aromatic carbocycles. The van der Waals surface area contributed by atoms with E-state index < -0.39 is 0 Å². The van der Waals surface area contributed by atoms with Crippen LogP contribution in [0.15, 0.2) is 48.7 Å². The number of fused-ring (bicyclic) bond motifs is 2. The number of hydrogen-bond acceptors (Lipinski definition) is 5. The average Bonchev–Trinajstić information content (AvgIpc) is 3.29. The number of urea groups is 1. The van der Waals surface area contributed by atoms with Crippen molar-refractivity contribution in [3.8, 4) is 0 Å². The molecular weight excluding hydrogens is 436 g/mol. The summed E-state index contributed by atoms with van der Waals surface area (Å²) in [6.07, 6.45) is 8.57. The average molecular weight is 475 g/mol. The maximum Gasteiger partial charge on any atom is 0.317 e. The zero-order valence-corrected chi connectivity index (χ0v) is 20.6. The quantitative estimate of drug-likeness (QED) is 0.534. The fraction of sp³-hybridized carbons (Fsp3) is 0.571. The van der Waals surface area contributed by atoms with Gasteiger partial charge in [0.05, 0.1) is 6.04 Å². The molecule has 4 aliphatic rings. The Labute approximate surface area is 208 Å². The fourth-order valence-electron chi connectivity index (χ4n) is 7.01. The first kappa shape index (κ1) is 23.0. The highest BCUT2D eigenvalue weighted by atomic mass is 16.2. The van der Waals surface area contributed by atoms with Crippen molar-refractivity contribution in [2.75, 3.05) is 6.54 Å². The molecule has 7 heteroatoms. The molecule has 0 spiro atoms. The zero-order valence-electron chi connectivity index (χ0n) is 20.6. The van der Waals surface area contributed by atoms with Crippen molar-refractivity contribution in [3.05, 3.63) is 65.5 Å². The lowest BCUT2D eigenvalue weighted by Gasteiger charge is -2.49. The van der Waals surface area contributed by atoms with E-state index in [0.717, 1.165) is 44.5 Å². The van der Waals surface area contributed by atoms with E-state index in [0.29, 0.717) is 36.0 Å². The van der Waals surface area contributed by atoms with E-state index in [1.165, 1.54) is 24.0 Å². The molecule has 7 nitrogen and oxygen atoms in total. The van der Waals surface area contributed by atoms with E-state index in [4.69, 9.17) is 0 Å². The molecular formula is C28H38N6O. The summed E-state index contributed by atoms with van der Waals surface area (Å²) in [5.41, 5.74) is 10.8. The third-order valence-corrected chi connectivity index (χ3v) is 8.83. The fourth-order valence-corrected chi connectivity index (χ4v) is 7.01. The highest BCUT2D eigenvalue weighted by molar-refractivity contribution is 5.76. The maximum atomic E-state index is 13.2. The molecule has 2 aliphatic carbocycles. The Hall–Kier alpha value is -2.48. The Morgan fingerprint density at radius 3 is 2.80 bits per heavy atom. The van der Waals surface area contributed by atoms with Gasteiger partial charge in [0.2, 0.25) is 0 Å². The van der Waals surface area contributed by atoms with Crippen LogP contribution in [-0.4, -0.2) is 46.6 Å². The van der Waals surface area contributed by atoms with E-state index >= 15 is 0 Å². The number of carbonyl (C=O) groups excluding carboxylic acids is 1. The normalized spacial score (nSPS) is 34.7. The van der Waals surface area contributed by atoms with Crippen LogP contribution in [0.2, 0.25) is 0 Å². The first-order valence-corrected chi connectivity index (χ1v) is 13.4. The number of carbonyl (C=O) groups is 1. The second-order valence-corrected chi connectivity index (χ2v) is 11.1. The van der Waals surface area contributed by atoms with Crippen molar-refractivity contribution >= 4 is 6.03 Å². The lowest BCUT2D eigenvalue weighted by atomic mass is 9.71. The first-order valence-electron chi connectivity index (χ1n) is 13.4. The highest BCUT2D eigenvalue weighted by Crippen LogP contribution is 2.42. The maximum absolute atomic E-state index is 13.2. The summed E-state index contributed by atoms with van der Waals surface area (Å²) < 4.78 is 0. The number of rotatable bonds is 5. The van der Waals surface area contributed by atoms with E-state index in [1.807, 2.05) is 6.20 Å². The van der Waals surface area contributed by atoms with Crippen LogP contribution in [-0.2, 0) is 6.54 Å². The van der Waals surface area contributed by atoms with Crippen molar-refractivity contribution < 1.29 is 4.79 Å². The Morgan fingerprint density at radius 1 is 1.06 bits per heavy atom. The van der Waals surface area contributed by atoms with Crippen molar-refractivity contribution in [2.45, 2.75) is 82.2 Å². The number of hydrazine groups is 1. The predicted molar refractivity (Wildman–Crippen MR) is 136 cm³/mol. The first-order chi connectivity index (χ1) is 17.1. The molecule has 2 saturated carbocycles. The largest absolute Gasteiger partial charge is 0.335 e. The van der Waals surface area contributed by atoms with E-state index in [1.54, 1.807) is 0 Å². The monoisotopic (exact) mass is 474 g/mol. The summed E-state index contributed by atoms with van der Waals surface area (Å²) in [6.45, 7) is 3.84. The molecule has 4 fully saturated rings. The third kappa shape index (κ3) is 4.82. The van der Waals surface area contributed by atoms with E-state index in [9.17, 15) is 4.79 Å². The van der Waals surface area contributed by atoms with Crippen LogP contribution in [0.25, 0.3) is 0 Å². The molecule has 0 bridgehead atoms. The minimum absolute atomic E-state index is 0.144. The van der Waals surface area contributed by atoms with Crippen molar-refractivity contribution in [1.82, 2.24) is 31.4 Å².